The molecule has 11 heteroatoms. The molecule has 1 amide bonds. The van der Waals surface area contributed by atoms with Crippen LogP contribution in [0.4, 0.5) is 18.9 Å². The Morgan fingerprint density at radius 3 is 2.22 bits per heavy atom. The van der Waals surface area contributed by atoms with Crippen LogP contribution in [0.15, 0.2) is 72.3 Å². The number of rotatable bonds is 4. The second kappa shape index (κ2) is 9.08. The number of aliphatic hydroxyl groups is 1. The van der Waals surface area contributed by atoms with Crippen LogP contribution in [0.1, 0.15) is 17.2 Å². The van der Waals surface area contributed by atoms with Gasteiger partial charge < -0.3 is 24.4 Å². The van der Waals surface area contributed by atoms with Crippen LogP contribution in [0.3, 0.4) is 0 Å². The van der Waals surface area contributed by atoms with Crippen molar-refractivity contribution in [1.82, 2.24) is 0 Å². The van der Waals surface area contributed by atoms with Crippen molar-refractivity contribution in [2.45, 2.75) is 12.4 Å². The SMILES string of the molecule is O=C1C(=O)N(c2ccc(OC(F)(F)F)cc2)C(c2ccc(O)cc2)/C1=C(/O)c1ccc2c(c1)OCCO2. The maximum atomic E-state index is 13.2. The minimum atomic E-state index is -4.90. The maximum Gasteiger partial charge on any atom is 0.573 e. The van der Waals surface area contributed by atoms with E-state index in [1.807, 2.05) is 0 Å². The highest BCUT2D eigenvalue weighted by Gasteiger charge is 2.47. The van der Waals surface area contributed by atoms with Crippen molar-refractivity contribution < 1.29 is 47.2 Å². The number of anilines is 1. The minimum Gasteiger partial charge on any atom is -0.508 e. The molecule has 2 aliphatic heterocycles. The van der Waals surface area contributed by atoms with Crippen LogP contribution >= 0.6 is 0 Å². The van der Waals surface area contributed by atoms with Crippen LogP contribution in [0, 0.1) is 0 Å². The fourth-order valence-electron chi connectivity index (χ4n) is 4.23. The smallest absolute Gasteiger partial charge is 0.508 e. The molecule has 1 atom stereocenters. The van der Waals surface area contributed by atoms with Crippen LogP contribution < -0.4 is 19.1 Å². The number of carbonyl (C=O) groups excluding carboxylic acids is 2. The van der Waals surface area contributed by atoms with Crippen molar-refractivity contribution in [1.29, 1.82) is 0 Å². The summed E-state index contributed by atoms with van der Waals surface area (Å²) >= 11 is 0. The third-order valence-electron chi connectivity index (χ3n) is 5.82. The van der Waals surface area contributed by atoms with Gasteiger partial charge in [-0.3, -0.25) is 14.5 Å². The molecule has 37 heavy (non-hydrogen) atoms. The second-order valence-electron chi connectivity index (χ2n) is 8.16. The Balaban J connectivity index is 1.62. The molecule has 3 aromatic carbocycles. The molecule has 2 N–H and O–H groups in total. The largest absolute Gasteiger partial charge is 0.573 e. The van der Waals surface area contributed by atoms with Gasteiger partial charge in [-0.05, 0) is 60.2 Å². The van der Waals surface area contributed by atoms with Crippen molar-refractivity contribution >= 4 is 23.1 Å². The van der Waals surface area contributed by atoms with Crippen LogP contribution in [-0.4, -0.2) is 41.5 Å². The summed E-state index contributed by atoms with van der Waals surface area (Å²) in [6.07, 6.45) is -4.90. The summed E-state index contributed by atoms with van der Waals surface area (Å²) in [6, 6.07) is 13.5. The van der Waals surface area contributed by atoms with Crippen LogP contribution in [0.5, 0.6) is 23.0 Å². The number of hydrogen-bond donors (Lipinski definition) is 2. The molecule has 0 radical (unpaired) electrons. The summed E-state index contributed by atoms with van der Waals surface area (Å²) < 4.78 is 52.6. The van der Waals surface area contributed by atoms with Gasteiger partial charge in [0.1, 0.15) is 30.5 Å². The number of hydrogen-bond acceptors (Lipinski definition) is 7. The van der Waals surface area contributed by atoms with Crippen LogP contribution in [0.2, 0.25) is 0 Å². The zero-order chi connectivity index (χ0) is 26.3. The van der Waals surface area contributed by atoms with Crippen molar-refractivity contribution in [3.05, 3.63) is 83.4 Å². The van der Waals surface area contributed by atoms with Gasteiger partial charge in [0.05, 0.1) is 11.6 Å². The number of phenolic OH excluding ortho intramolecular Hbond substituents is 1. The van der Waals surface area contributed by atoms with E-state index in [0.29, 0.717) is 30.3 Å². The van der Waals surface area contributed by atoms with Crippen molar-refractivity contribution in [2.75, 3.05) is 18.1 Å². The average molecular weight is 513 g/mol. The lowest BCUT2D eigenvalue weighted by molar-refractivity contribution is -0.274. The molecule has 0 aliphatic carbocycles. The quantitative estimate of drug-likeness (QED) is 0.296. The number of fused-ring (bicyclic) bond motifs is 1. The molecule has 3 aromatic rings. The molecular weight excluding hydrogens is 495 g/mol. The maximum absolute atomic E-state index is 13.2. The van der Waals surface area contributed by atoms with Gasteiger partial charge in [0, 0.05) is 11.3 Å². The number of carbonyl (C=O) groups is 2. The molecule has 1 unspecified atom stereocenters. The first-order valence-corrected chi connectivity index (χ1v) is 11.0. The molecule has 8 nitrogen and oxygen atoms in total. The summed E-state index contributed by atoms with van der Waals surface area (Å²) in [6.45, 7) is 0.653. The van der Waals surface area contributed by atoms with Gasteiger partial charge in [0.2, 0.25) is 0 Å². The van der Waals surface area contributed by atoms with Crippen LogP contribution in [0.25, 0.3) is 5.76 Å². The van der Waals surface area contributed by atoms with E-state index >= 15 is 0 Å². The van der Waals surface area contributed by atoms with E-state index in [1.54, 1.807) is 6.07 Å². The molecular formula is C26H18F3NO7. The van der Waals surface area contributed by atoms with Gasteiger partial charge in [-0.2, -0.15) is 0 Å². The Kier molecular flexibility index (Phi) is 5.90. The minimum absolute atomic E-state index is 0.0683. The topological polar surface area (TPSA) is 106 Å². The van der Waals surface area contributed by atoms with Gasteiger partial charge in [-0.15, -0.1) is 13.2 Å². The number of nitrogens with zero attached hydrogens (tertiary/aromatic N) is 1. The predicted molar refractivity (Wildman–Crippen MR) is 123 cm³/mol. The Labute approximate surface area is 207 Å². The second-order valence-corrected chi connectivity index (χ2v) is 8.16. The normalized spacial score (nSPS) is 18.7. The van der Waals surface area contributed by atoms with Gasteiger partial charge in [-0.25, -0.2) is 0 Å². The number of ketones is 1. The monoisotopic (exact) mass is 513 g/mol. The third-order valence-corrected chi connectivity index (χ3v) is 5.82. The highest BCUT2D eigenvalue weighted by atomic mass is 19.4. The summed E-state index contributed by atoms with van der Waals surface area (Å²) in [4.78, 5) is 27.4. The number of ether oxygens (including phenoxy) is 3. The molecule has 0 aromatic heterocycles. The molecule has 1 fully saturated rings. The van der Waals surface area contributed by atoms with Crippen molar-refractivity contribution in [3.63, 3.8) is 0 Å². The van der Waals surface area contributed by atoms with E-state index in [1.165, 1.54) is 48.5 Å². The summed E-state index contributed by atoms with van der Waals surface area (Å²) in [5.41, 5.74) is 0.408. The standard InChI is InChI=1S/C26H18F3NO7/c27-26(28,29)37-18-8-4-16(5-9-18)30-22(14-1-6-17(31)7-2-14)21(24(33)25(30)34)23(32)15-3-10-19-20(13-15)36-12-11-35-19/h1-10,13,22,31-32H,11-12H2/b23-21-. The number of halogens is 3. The molecule has 1 saturated heterocycles. The zero-order valence-electron chi connectivity index (χ0n) is 18.9. The summed E-state index contributed by atoms with van der Waals surface area (Å²) in [5.74, 6) is -2.24. The first kappa shape index (κ1) is 24.0. The van der Waals surface area contributed by atoms with E-state index in [-0.39, 0.29) is 22.6 Å². The number of aromatic hydroxyl groups is 1. The number of phenols is 1. The number of aliphatic hydroxyl groups excluding tert-OH is 1. The van der Waals surface area contributed by atoms with E-state index in [2.05, 4.69) is 4.74 Å². The molecule has 190 valence electrons. The van der Waals surface area contributed by atoms with Gasteiger partial charge in [0.25, 0.3) is 11.7 Å². The van der Waals surface area contributed by atoms with E-state index in [4.69, 9.17) is 9.47 Å². The van der Waals surface area contributed by atoms with Crippen molar-refractivity contribution in [3.8, 4) is 23.0 Å². The molecule has 2 heterocycles. The van der Waals surface area contributed by atoms with Gasteiger partial charge >= 0.3 is 6.36 Å². The van der Waals surface area contributed by atoms with E-state index in [0.717, 1.165) is 17.0 Å². The molecule has 5 rings (SSSR count). The number of amides is 1. The van der Waals surface area contributed by atoms with Gasteiger partial charge in [0.15, 0.2) is 11.5 Å². The molecule has 0 bridgehead atoms. The highest BCUT2D eigenvalue weighted by Crippen LogP contribution is 2.44. The Morgan fingerprint density at radius 1 is 0.919 bits per heavy atom. The lowest BCUT2D eigenvalue weighted by atomic mass is 9.95. The van der Waals surface area contributed by atoms with Crippen molar-refractivity contribution in [2.24, 2.45) is 0 Å². The molecule has 2 aliphatic rings. The predicted octanol–water partition coefficient (Wildman–Crippen LogP) is 4.69. The Hall–Kier alpha value is -4.67. The van der Waals surface area contributed by atoms with E-state index in [9.17, 15) is 33.0 Å². The lowest BCUT2D eigenvalue weighted by Gasteiger charge is -2.26. The number of benzene rings is 3. The van der Waals surface area contributed by atoms with E-state index < -0.39 is 35.6 Å². The van der Waals surface area contributed by atoms with Gasteiger partial charge in [-0.1, -0.05) is 12.1 Å². The molecule has 0 spiro atoms. The first-order valence-electron chi connectivity index (χ1n) is 11.0. The first-order chi connectivity index (χ1) is 17.6. The fourth-order valence-corrected chi connectivity index (χ4v) is 4.23. The van der Waals surface area contributed by atoms with Crippen LogP contribution in [-0.2, 0) is 9.59 Å². The summed E-state index contributed by atoms with van der Waals surface area (Å²) in [7, 11) is 0. The zero-order valence-corrected chi connectivity index (χ0v) is 18.9. The highest BCUT2D eigenvalue weighted by molar-refractivity contribution is 6.51. The lowest BCUT2D eigenvalue weighted by Crippen LogP contribution is -2.29. The summed E-state index contributed by atoms with van der Waals surface area (Å²) in [5, 5.41) is 21.0. The Bertz CT molecular complexity index is 1400. The number of alkyl halides is 3. The average Bonchev–Trinajstić information content (AvgIpc) is 3.13. The third kappa shape index (κ3) is 4.63. The molecule has 0 saturated carbocycles. The fraction of sp³-hybridized carbons (Fsp3) is 0.154. The Morgan fingerprint density at radius 2 is 1.57 bits per heavy atom. The number of Topliss-reactive ketones (excluding diaryl/α,β-unsaturated/α-hetero) is 1.